The summed E-state index contributed by atoms with van der Waals surface area (Å²) in [5.41, 5.74) is -0.735. The Kier molecular flexibility index (Phi) is 4.63. The van der Waals surface area contributed by atoms with Gasteiger partial charge in [-0.25, -0.2) is 8.42 Å². The van der Waals surface area contributed by atoms with Gasteiger partial charge in [-0.05, 0) is 39.8 Å². The molecule has 19 heavy (non-hydrogen) atoms. The van der Waals surface area contributed by atoms with Crippen LogP contribution in [0.2, 0.25) is 5.02 Å². The predicted molar refractivity (Wildman–Crippen MR) is 73.9 cm³/mol. The topological polar surface area (TPSA) is 60.4 Å². The van der Waals surface area contributed by atoms with Gasteiger partial charge in [0.05, 0.1) is 9.92 Å². The van der Waals surface area contributed by atoms with Crippen molar-refractivity contribution in [2.75, 3.05) is 0 Å². The molecule has 1 unspecified atom stereocenters. The van der Waals surface area contributed by atoms with Crippen molar-refractivity contribution in [2.24, 2.45) is 0 Å². The van der Waals surface area contributed by atoms with Crippen LogP contribution in [0.3, 0.4) is 0 Å². The van der Waals surface area contributed by atoms with E-state index in [-0.39, 0.29) is 9.92 Å². The summed E-state index contributed by atoms with van der Waals surface area (Å²) in [5, 5.41) is -1.20. The molecule has 0 aliphatic rings. The Morgan fingerprint density at radius 1 is 1.26 bits per heavy atom. The zero-order valence-electron chi connectivity index (χ0n) is 11.3. The van der Waals surface area contributed by atoms with E-state index >= 15 is 0 Å². The van der Waals surface area contributed by atoms with Gasteiger partial charge in [0, 0.05) is 0 Å². The molecule has 0 N–H and O–H groups in total. The normalized spacial score (nSPS) is 13.9. The highest BCUT2D eigenvalue weighted by atomic mass is 35.5. The number of carbonyl (C=O) groups excluding carboxylic acids is 1. The van der Waals surface area contributed by atoms with Crippen molar-refractivity contribution >= 4 is 27.4 Å². The fourth-order valence-corrected chi connectivity index (χ4v) is 3.13. The van der Waals surface area contributed by atoms with E-state index in [9.17, 15) is 13.2 Å². The van der Waals surface area contributed by atoms with E-state index in [0.29, 0.717) is 0 Å². The minimum absolute atomic E-state index is 0.0602. The van der Waals surface area contributed by atoms with E-state index in [2.05, 4.69) is 0 Å². The van der Waals surface area contributed by atoms with Crippen LogP contribution in [0, 0.1) is 0 Å². The number of benzene rings is 1. The first kappa shape index (κ1) is 16.0. The molecule has 4 nitrogen and oxygen atoms in total. The molecular formula is C13H17ClO4S. The summed E-state index contributed by atoms with van der Waals surface area (Å²) in [6, 6.07) is 6.02. The lowest BCUT2D eigenvalue weighted by atomic mass is 10.2. The number of carbonyl (C=O) groups is 1. The lowest BCUT2D eigenvalue weighted by Gasteiger charge is -2.22. The Bertz CT molecular complexity index is 573. The molecule has 6 heteroatoms. The molecule has 0 saturated heterocycles. The number of ether oxygens (including phenoxy) is 1. The maximum Gasteiger partial charge on any atom is 0.324 e. The Balaban J connectivity index is 3.08. The molecule has 0 fully saturated rings. The zero-order valence-corrected chi connectivity index (χ0v) is 12.9. The second kappa shape index (κ2) is 5.51. The first-order chi connectivity index (χ1) is 8.55. The van der Waals surface area contributed by atoms with Gasteiger partial charge in [0.25, 0.3) is 0 Å². The summed E-state index contributed by atoms with van der Waals surface area (Å²) in [5.74, 6) is -0.785. The van der Waals surface area contributed by atoms with Gasteiger partial charge in [0.1, 0.15) is 5.60 Å². The van der Waals surface area contributed by atoms with Crippen molar-refractivity contribution in [3.63, 3.8) is 0 Å². The van der Waals surface area contributed by atoms with Crippen molar-refractivity contribution in [1.29, 1.82) is 0 Å². The van der Waals surface area contributed by atoms with Crippen LogP contribution in [0.15, 0.2) is 29.2 Å². The molecule has 0 aliphatic heterocycles. The second-order valence-electron chi connectivity index (χ2n) is 5.15. The fourth-order valence-electron chi connectivity index (χ4n) is 1.38. The molecule has 0 radical (unpaired) electrons. The monoisotopic (exact) mass is 304 g/mol. The van der Waals surface area contributed by atoms with Crippen molar-refractivity contribution < 1.29 is 17.9 Å². The van der Waals surface area contributed by atoms with Gasteiger partial charge in [0.2, 0.25) is 0 Å². The maximum atomic E-state index is 12.3. The van der Waals surface area contributed by atoms with Crippen LogP contribution in [0.5, 0.6) is 0 Å². The molecule has 1 aromatic rings. The average Bonchev–Trinajstić information content (AvgIpc) is 2.26. The van der Waals surface area contributed by atoms with Crippen LogP contribution in [-0.4, -0.2) is 25.2 Å². The standard InChI is InChI=1S/C13H17ClO4S/c1-9(12(15)18-13(2,3)4)19(16,17)11-8-6-5-7-10(11)14/h5-9H,1-4H3. The van der Waals surface area contributed by atoms with Crippen LogP contribution in [-0.2, 0) is 19.4 Å². The first-order valence-electron chi connectivity index (χ1n) is 5.77. The lowest BCUT2D eigenvalue weighted by molar-refractivity contribution is -0.153. The summed E-state index contributed by atoms with van der Waals surface area (Å²) in [7, 11) is -3.85. The number of esters is 1. The van der Waals surface area contributed by atoms with Gasteiger partial charge < -0.3 is 4.74 Å². The Labute approximate surface area is 118 Å². The molecule has 106 valence electrons. The van der Waals surface area contributed by atoms with Crippen LogP contribution >= 0.6 is 11.6 Å². The molecule has 1 aromatic carbocycles. The van der Waals surface area contributed by atoms with Gasteiger partial charge in [-0.1, -0.05) is 23.7 Å². The Hall–Kier alpha value is -1.07. The van der Waals surface area contributed by atoms with Crippen LogP contribution in [0.25, 0.3) is 0 Å². The quantitative estimate of drug-likeness (QED) is 0.806. The van der Waals surface area contributed by atoms with Crippen molar-refractivity contribution in [3.05, 3.63) is 29.3 Å². The third-order valence-electron chi connectivity index (χ3n) is 2.35. The first-order valence-corrected chi connectivity index (χ1v) is 7.69. The molecule has 0 aliphatic carbocycles. The Morgan fingerprint density at radius 2 is 1.79 bits per heavy atom. The van der Waals surface area contributed by atoms with Crippen molar-refractivity contribution in [3.8, 4) is 0 Å². The van der Waals surface area contributed by atoms with Gasteiger partial charge in [-0.15, -0.1) is 0 Å². The molecular weight excluding hydrogens is 288 g/mol. The van der Waals surface area contributed by atoms with Gasteiger partial charge in [-0.3, -0.25) is 4.79 Å². The number of hydrogen-bond acceptors (Lipinski definition) is 4. The molecule has 0 heterocycles. The highest BCUT2D eigenvalue weighted by molar-refractivity contribution is 7.92. The van der Waals surface area contributed by atoms with Crippen LogP contribution in [0.4, 0.5) is 0 Å². The highest BCUT2D eigenvalue weighted by Crippen LogP contribution is 2.25. The molecule has 1 rings (SSSR count). The van der Waals surface area contributed by atoms with E-state index in [1.807, 2.05) is 0 Å². The summed E-state index contributed by atoms with van der Waals surface area (Å²) in [4.78, 5) is 11.8. The molecule has 0 saturated carbocycles. The predicted octanol–water partition coefficient (Wildman–Crippen LogP) is 2.84. The fraction of sp³-hybridized carbons (Fsp3) is 0.462. The number of halogens is 1. The van der Waals surface area contributed by atoms with E-state index in [1.54, 1.807) is 32.9 Å². The van der Waals surface area contributed by atoms with Crippen molar-refractivity contribution in [2.45, 2.75) is 43.4 Å². The summed E-state index contributed by atoms with van der Waals surface area (Å²) in [6.07, 6.45) is 0. The SMILES string of the molecule is CC(C(=O)OC(C)(C)C)S(=O)(=O)c1ccccc1Cl. The third-order valence-corrected chi connectivity index (χ3v) is 4.88. The summed E-state index contributed by atoms with van der Waals surface area (Å²) >= 11 is 5.86. The molecule has 0 aromatic heterocycles. The lowest BCUT2D eigenvalue weighted by Crippen LogP contribution is -2.35. The Morgan fingerprint density at radius 3 is 2.26 bits per heavy atom. The van der Waals surface area contributed by atoms with E-state index in [4.69, 9.17) is 16.3 Å². The van der Waals surface area contributed by atoms with E-state index in [0.717, 1.165) is 0 Å². The maximum absolute atomic E-state index is 12.3. The molecule has 0 amide bonds. The number of rotatable bonds is 3. The largest absolute Gasteiger partial charge is 0.459 e. The minimum Gasteiger partial charge on any atom is -0.459 e. The molecule has 1 atom stereocenters. The van der Waals surface area contributed by atoms with Crippen LogP contribution < -0.4 is 0 Å². The minimum atomic E-state index is -3.85. The highest BCUT2D eigenvalue weighted by Gasteiger charge is 2.34. The van der Waals surface area contributed by atoms with E-state index < -0.39 is 26.7 Å². The van der Waals surface area contributed by atoms with Gasteiger partial charge in [-0.2, -0.15) is 0 Å². The smallest absolute Gasteiger partial charge is 0.324 e. The molecule has 0 spiro atoms. The van der Waals surface area contributed by atoms with Crippen molar-refractivity contribution in [1.82, 2.24) is 0 Å². The van der Waals surface area contributed by atoms with Crippen LogP contribution in [0.1, 0.15) is 27.7 Å². The number of sulfone groups is 1. The summed E-state index contributed by atoms with van der Waals surface area (Å²) < 4.78 is 29.7. The third kappa shape index (κ3) is 3.94. The van der Waals surface area contributed by atoms with Gasteiger partial charge >= 0.3 is 5.97 Å². The number of hydrogen-bond donors (Lipinski definition) is 0. The zero-order chi connectivity index (χ0) is 14.8. The molecule has 0 bridgehead atoms. The van der Waals surface area contributed by atoms with E-state index in [1.165, 1.54) is 19.1 Å². The average molecular weight is 305 g/mol. The summed E-state index contributed by atoms with van der Waals surface area (Å²) in [6.45, 7) is 6.34. The van der Waals surface area contributed by atoms with Gasteiger partial charge in [0.15, 0.2) is 15.1 Å². The second-order valence-corrected chi connectivity index (χ2v) is 7.80.